The van der Waals surface area contributed by atoms with Gasteiger partial charge in [-0.3, -0.25) is 0 Å². The molecular weight excluding hydrogens is 415 g/mol. The molecule has 0 aliphatic rings. The first kappa shape index (κ1) is 21.7. The zero-order chi connectivity index (χ0) is 22.3. The summed E-state index contributed by atoms with van der Waals surface area (Å²) in [6, 6.07) is 9.11. The summed E-state index contributed by atoms with van der Waals surface area (Å²) >= 11 is 0. The largest absolute Gasteiger partial charge is 0.462 e. The molecule has 3 rings (SSSR count). The van der Waals surface area contributed by atoms with E-state index in [0.29, 0.717) is 16.8 Å². The van der Waals surface area contributed by atoms with Crippen molar-refractivity contribution in [3.63, 3.8) is 0 Å². The predicted molar refractivity (Wildman–Crippen MR) is 99.4 cm³/mol. The van der Waals surface area contributed by atoms with Crippen LogP contribution in [0.4, 0.5) is 30.7 Å². The molecule has 0 unspecified atom stereocenters. The third kappa shape index (κ3) is 3.61. The molecule has 0 amide bonds. The molecule has 0 radical (unpaired) electrons. The smallest absolute Gasteiger partial charge is 0.317 e. The van der Waals surface area contributed by atoms with E-state index in [9.17, 15) is 30.7 Å². The van der Waals surface area contributed by atoms with E-state index in [1.165, 1.54) is 0 Å². The van der Waals surface area contributed by atoms with Gasteiger partial charge in [-0.05, 0) is 31.4 Å². The molecule has 0 saturated carbocycles. The molecule has 3 aromatic rings. The standard InChI is InChI=1S/C20H16F7N3/c1-12-10-15(11-28-29-20(26,27)18(21,22)19(23,24)25)13(2)30(12)17-9-5-7-14-6-3-4-8-16(14)17/h3-11,29H,1-2H3/b28-11+. The van der Waals surface area contributed by atoms with Crippen LogP contribution in [0.3, 0.4) is 0 Å². The lowest BCUT2D eigenvalue weighted by Crippen LogP contribution is -2.58. The maximum Gasteiger partial charge on any atom is 0.462 e. The lowest BCUT2D eigenvalue weighted by Gasteiger charge is -2.27. The zero-order valence-corrected chi connectivity index (χ0v) is 15.7. The highest BCUT2D eigenvalue weighted by molar-refractivity contribution is 5.91. The number of nitrogens with one attached hydrogen (secondary N) is 1. The van der Waals surface area contributed by atoms with E-state index in [2.05, 4.69) is 5.10 Å². The summed E-state index contributed by atoms with van der Waals surface area (Å²) < 4.78 is 90.9. The highest BCUT2D eigenvalue weighted by Gasteiger charge is 2.73. The fourth-order valence-corrected chi connectivity index (χ4v) is 3.12. The van der Waals surface area contributed by atoms with Crippen molar-refractivity contribution in [3.8, 4) is 5.69 Å². The normalized spacial score (nSPS) is 13.4. The van der Waals surface area contributed by atoms with Crippen molar-refractivity contribution < 1.29 is 30.7 Å². The van der Waals surface area contributed by atoms with Gasteiger partial charge in [-0.15, -0.1) is 0 Å². The number of nitrogens with zero attached hydrogens (tertiary/aromatic N) is 2. The molecule has 1 heterocycles. The first-order chi connectivity index (χ1) is 13.9. The van der Waals surface area contributed by atoms with Crippen LogP contribution in [0.15, 0.2) is 53.6 Å². The molecule has 0 saturated heterocycles. The van der Waals surface area contributed by atoms with Crippen LogP contribution in [0.5, 0.6) is 0 Å². The molecule has 0 atom stereocenters. The summed E-state index contributed by atoms with van der Waals surface area (Å²) in [6.45, 7) is 3.39. The quantitative estimate of drug-likeness (QED) is 0.230. The van der Waals surface area contributed by atoms with Gasteiger partial charge in [-0.1, -0.05) is 36.4 Å². The van der Waals surface area contributed by atoms with Crippen LogP contribution in [0, 0.1) is 13.8 Å². The Balaban J connectivity index is 1.93. The second kappa shape index (κ2) is 7.33. The minimum Gasteiger partial charge on any atom is -0.317 e. The SMILES string of the molecule is Cc1cc(/C=N/NC(F)(F)C(F)(F)C(F)(F)F)c(C)n1-c1cccc2ccccc12. The van der Waals surface area contributed by atoms with Gasteiger partial charge in [0.25, 0.3) is 0 Å². The minimum absolute atomic E-state index is 0.277. The van der Waals surface area contributed by atoms with Crippen LogP contribution in [-0.2, 0) is 0 Å². The Kier molecular flexibility index (Phi) is 5.30. The maximum absolute atomic E-state index is 13.3. The van der Waals surface area contributed by atoms with Gasteiger partial charge in [-0.2, -0.15) is 35.8 Å². The van der Waals surface area contributed by atoms with Gasteiger partial charge in [0.05, 0.1) is 11.9 Å². The second-order valence-electron chi connectivity index (χ2n) is 6.68. The van der Waals surface area contributed by atoms with Crippen molar-refractivity contribution in [2.45, 2.75) is 32.0 Å². The molecule has 30 heavy (non-hydrogen) atoms. The van der Waals surface area contributed by atoms with E-state index in [1.807, 2.05) is 47.0 Å². The molecule has 3 nitrogen and oxygen atoms in total. The molecule has 0 spiro atoms. The molecule has 0 aliphatic heterocycles. The molecule has 10 heteroatoms. The molecule has 2 aromatic carbocycles. The van der Waals surface area contributed by atoms with Crippen LogP contribution in [0.1, 0.15) is 17.0 Å². The lowest BCUT2D eigenvalue weighted by molar-refractivity contribution is -0.361. The number of benzene rings is 2. The summed E-state index contributed by atoms with van der Waals surface area (Å²) in [5.41, 5.74) is 2.94. The lowest BCUT2D eigenvalue weighted by atomic mass is 10.1. The summed E-state index contributed by atoms with van der Waals surface area (Å²) in [6.07, 6.45) is -5.65. The minimum atomic E-state index is -6.43. The van der Waals surface area contributed by atoms with Crippen molar-refractivity contribution in [1.82, 2.24) is 9.99 Å². The van der Waals surface area contributed by atoms with Gasteiger partial charge in [0.1, 0.15) is 0 Å². The second-order valence-corrected chi connectivity index (χ2v) is 6.68. The third-order valence-corrected chi connectivity index (χ3v) is 4.64. The summed E-state index contributed by atoms with van der Waals surface area (Å²) in [7, 11) is 0. The van der Waals surface area contributed by atoms with Crippen LogP contribution in [-0.4, -0.2) is 28.9 Å². The highest BCUT2D eigenvalue weighted by Crippen LogP contribution is 2.45. The first-order valence-electron chi connectivity index (χ1n) is 8.66. The third-order valence-electron chi connectivity index (χ3n) is 4.64. The topological polar surface area (TPSA) is 29.3 Å². The van der Waals surface area contributed by atoms with Gasteiger partial charge in [0, 0.05) is 22.3 Å². The molecule has 0 fully saturated rings. The Morgan fingerprint density at radius 1 is 0.900 bits per heavy atom. The Morgan fingerprint density at radius 2 is 1.53 bits per heavy atom. The maximum atomic E-state index is 13.3. The Morgan fingerprint density at radius 3 is 2.20 bits per heavy atom. The van der Waals surface area contributed by atoms with Crippen molar-refractivity contribution in [1.29, 1.82) is 0 Å². The number of aromatic nitrogens is 1. The summed E-state index contributed by atoms with van der Waals surface area (Å²) in [5.74, 6) is -6.28. The predicted octanol–water partition coefficient (Wildman–Crippen LogP) is 5.96. The van der Waals surface area contributed by atoms with Crippen LogP contribution < -0.4 is 5.43 Å². The number of hydrazone groups is 1. The molecule has 160 valence electrons. The van der Waals surface area contributed by atoms with E-state index in [-0.39, 0.29) is 5.56 Å². The number of rotatable bonds is 5. The fourth-order valence-electron chi connectivity index (χ4n) is 3.12. The van der Waals surface area contributed by atoms with Gasteiger partial charge in [0.15, 0.2) is 0 Å². The number of halogens is 7. The highest BCUT2D eigenvalue weighted by atomic mass is 19.4. The van der Waals surface area contributed by atoms with Crippen molar-refractivity contribution >= 4 is 17.0 Å². The molecule has 1 aromatic heterocycles. The Hall–Kier alpha value is -3.04. The number of fused-ring (bicyclic) bond motifs is 1. The zero-order valence-electron chi connectivity index (χ0n) is 15.7. The van der Waals surface area contributed by atoms with E-state index >= 15 is 0 Å². The summed E-state index contributed by atoms with van der Waals surface area (Å²) in [5, 5.41) is 4.83. The summed E-state index contributed by atoms with van der Waals surface area (Å²) in [4.78, 5) is 0. The molecule has 1 N–H and O–H groups in total. The number of alkyl halides is 7. The van der Waals surface area contributed by atoms with Crippen LogP contribution >= 0.6 is 0 Å². The monoisotopic (exact) mass is 431 g/mol. The van der Waals surface area contributed by atoms with Gasteiger partial charge in [0.2, 0.25) is 0 Å². The van der Waals surface area contributed by atoms with Gasteiger partial charge >= 0.3 is 18.1 Å². The van der Waals surface area contributed by atoms with Gasteiger partial charge in [-0.25, -0.2) is 5.43 Å². The molecule has 0 aliphatic carbocycles. The molecular formula is C20H16F7N3. The van der Waals surface area contributed by atoms with E-state index in [4.69, 9.17) is 0 Å². The van der Waals surface area contributed by atoms with Crippen molar-refractivity contribution in [3.05, 3.63) is 65.5 Å². The van der Waals surface area contributed by atoms with E-state index in [1.54, 1.807) is 19.9 Å². The number of hydrogen-bond donors (Lipinski definition) is 1. The average Bonchev–Trinajstić information content (AvgIpc) is 2.93. The van der Waals surface area contributed by atoms with Crippen LogP contribution in [0.25, 0.3) is 16.5 Å². The first-order valence-corrected chi connectivity index (χ1v) is 8.66. The number of aryl methyl sites for hydroxylation is 1. The van der Waals surface area contributed by atoms with E-state index < -0.39 is 18.1 Å². The number of hydrogen-bond acceptors (Lipinski definition) is 2. The van der Waals surface area contributed by atoms with Crippen molar-refractivity contribution in [2.75, 3.05) is 0 Å². The van der Waals surface area contributed by atoms with Crippen molar-refractivity contribution in [2.24, 2.45) is 5.10 Å². The van der Waals surface area contributed by atoms with E-state index in [0.717, 1.165) is 22.7 Å². The van der Waals surface area contributed by atoms with Gasteiger partial charge < -0.3 is 4.57 Å². The Bertz CT molecular complexity index is 1090. The van der Waals surface area contributed by atoms with Crippen LogP contribution in [0.2, 0.25) is 0 Å². The Labute approximate surface area is 166 Å². The fraction of sp³-hybridized carbons (Fsp3) is 0.250. The average molecular weight is 431 g/mol. The molecule has 0 bridgehead atoms.